The fraction of sp³-hybridized carbons (Fsp3) is 0.100. The fourth-order valence-electron chi connectivity index (χ4n) is 1.43. The molecule has 0 aliphatic heterocycles. The van der Waals surface area contributed by atoms with Gasteiger partial charge >= 0.3 is 0 Å². The summed E-state index contributed by atoms with van der Waals surface area (Å²) in [7, 11) is -3.67. The predicted molar refractivity (Wildman–Crippen MR) is 72.7 cm³/mol. The van der Waals surface area contributed by atoms with E-state index >= 15 is 0 Å². The van der Waals surface area contributed by atoms with Crippen molar-refractivity contribution >= 4 is 37.3 Å². The topological polar surface area (TPSA) is 101 Å². The second-order valence-electron chi connectivity index (χ2n) is 3.70. The summed E-state index contributed by atoms with van der Waals surface area (Å²) >= 11 is 3.26. The van der Waals surface area contributed by atoms with Gasteiger partial charge in [0.2, 0.25) is 0 Å². The molecular formula is C10H11BrN4O2S. The van der Waals surface area contributed by atoms with Crippen molar-refractivity contribution in [1.82, 2.24) is 10.2 Å². The number of aromatic amines is 1. The zero-order valence-electron chi connectivity index (χ0n) is 9.44. The Hall–Kier alpha value is -1.54. The number of benzene rings is 1. The van der Waals surface area contributed by atoms with Crippen molar-refractivity contribution < 1.29 is 8.42 Å². The monoisotopic (exact) mass is 330 g/mol. The molecule has 0 saturated heterocycles. The number of halogens is 1. The molecule has 1 aromatic carbocycles. The molecule has 4 N–H and O–H groups in total. The van der Waals surface area contributed by atoms with E-state index in [-0.39, 0.29) is 4.90 Å². The first-order valence-corrected chi connectivity index (χ1v) is 7.25. The van der Waals surface area contributed by atoms with Gasteiger partial charge in [0, 0.05) is 10.2 Å². The van der Waals surface area contributed by atoms with E-state index in [0.29, 0.717) is 21.5 Å². The van der Waals surface area contributed by atoms with Crippen molar-refractivity contribution in [2.45, 2.75) is 11.8 Å². The van der Waals surface area contributed by atoms with Crippen molar-refractivity contribution in [1.29, 1.82) is 0 Å². The third-order valence-corrected chi connectivity index (χ3v) is 4.48. The molecular weight excluding hydrogens is 320 g/mol. The van der Waals surface area contributed by atoms with Gasteiger partial charge in [0.1, 0.15) is 4.90 Å². The van der Waals surface area contributed by atoms with Gasteiger partial charge in [-0.05, 0) is 41.1 Å². The molecule has 0 aliphatic rings. The standard InChI is InChI=1S/C10H11BrN4O2S/c1-6-10(5-13-14-6)18(16,17)15-9-4-7(12)2-3-8(9)11/h2-5,15H,12H2,1H3,(H,13,14). The molecule has 0 amide bonds. The predicted octanol–water partition coefficient (Wildman–Crippen LogP) is 1.86. The Labute approximate surface area is 113 Å². The molecule has 96 valence electrons. The van der Waals surface area contributed by atoms with E-state index in [9.17, 15) is 8.42 Å². The molecule has 0 radical (unpaired) electrons. The lowest BCUT2D eigenvalue weighted by Gasteiger charge is -2.09. The summed E-state index contributed by atoms with van der Waals surface area (Å²) in [5.74, 6) is 0. The van der Waals surface area contributed by atoms with Crippen LogP contribution in [-0.2, 0) is 10.0 Å². The van der Waals surface area contributed by atoms with E-state index in [2.05, 4.69) is 30.8 Å². The Kier molecular flexibility index (Phi) is 3.31. The number of hydrogen-bond donors (Lipinski definition) is 3. The van der Waals surface area contributed by atoms with Gasteiger partial charge in [0.15, 0.2) is 0 Å². The maximum Gasteiger partial charge on any atom is 0.265 e. The van der Waals surface area contributed by atoms with Crippen LogP contribution in [0.15, 0.2) is 33.8 Å². The van der Waals surface area contributed by atoms with Crippen molar-refractivity contribution in [2.75, 3.05) is 10.5 Å². The number of nitrogens with one attached hydrogen (secondary N) is 2. The average molecular weight is 331 g/mol. The molecule has 18 heavy (non-hydrogen) atoms. The Morgan fingerprint density at radius 1 is 1.44 bits per heavy atom. The normalized spacial score (nSPS) is 11.4. The van der Waals surface area contributed by atoms with E-state index in [4.69, 9.17) is 5.73 Å². The minimum Gasteiger partial charge on any atom is -0.399 e. The third-order valence-electron chi connectivity index (χ3n) is 2.31. The maximum atomic E-state index is 12.1. The number of anilines is 2. The minimum absolute atomic E-state index is 0.108. The smallest absolute Gasteiger partial charge is 0.265 e. The highest BCUT2D eigenvalue weighted by atomic mass is 79.9. The van der Waals surface area contributed by atoms with Gasteiger partial charge in [-0.25, -0.2) is 8.42 Å². The molecule has 0 aliphatic carbocycles. The van der Waals surface area contributed by atoms with Gasteiger partial charge < -0.3 is 5.73 Å². The van der Waals surface area contributed by atoms with E-state index < -0.39 is 10.0 Å². The molecule has 8 heteroatoms. The molecule has 0 fully saturated rings. The van der Waals surface area contributed by atoms with Gasteiger partial charge in [-0.3, -0.25) is 9.82 Å². The summed E-state index contributed by atoms with van der Waals surface area (Å²) in [5, 5.41) is 6.27. The quantitative estimate of drug-likeness (QED) is 0.747. The van der Waals surface area contributed by atoms with E-state index in [0.717, 1.165) is 0 Å². The van der Waals surface area contributed by atoms with Crippen molar-refractivity contribution in [2.24, 2.45) is 0 Å². The third kappa shape index (κ3) is 2.49. The Balaban J connectivity index is 2.40. The first-order valence-electron chi connectivity index (χ1n) is 4.98. The number of sulfonamides is 1. The number of aromatic nitrogens is 2. The number of nitrogen functional groups attached to an aromatic ring is 1. The number of hydrogen-bond acceptors (Lipinski definition) is 4. The number of nitrogens with two attached hydrogens (primary N) is 1. The summed E-state index contributed by atoms with van der Waals surface area (Å²) in [6, 6.07) is 4.89. The molecule has 1 aromatic heterocycles. The Morgan fingerprint density at radius 2 is 2.17 bits per heavy atom. The summed E-state index contributed by atoms with van der Waals surface area (Å²) in [4.78, 5) is 0.108. The van der Waals surface area contributed by atoms with Crippen LogP contribution in [0.25, 0.3) is 0 Å². The molecule has 1 heterocycles. The average Bonchev–Trinajstić information content (AvgIpc) is 2.70. The largest absolute Gasteiger partial charge is 0.399 e. The molecule has 0 unspecified atom stereocenters. The summed E-state index contributed by atoms with van der Waals surface area (Å²) < 4.78 is 27.3. The molecule has 2 aromatic rings. The SMILES string of the molecule is Cc1[nH]ncc1S(=O)(=O)Nc1cc(N)ccc1Br. The van der Waals surface area contributed by atoms with Gasteiger partial charge in [-0.1, -0.05) is 0 Å². The van der Waals surface area contributed by atoms with Crippen LogP contribution in [-0.4, -0.2) is 18.6 Å². The Morgan fingerprint density at radius 3 is 2.78 bits per heavy atom. The van der Waals surface area contributed by atoms with E-state index in [1.165, 1.54) is 12.3 Å². The van der Waals surface area contributed by atoms with Crippen LogP contribution < -0.4 is 10.5 Å². The second kappa shape index (κ2) is 4.62. The zero-order chi connectivity index (χ0) is 13.3. The highest BCUT2D eigenvalue weighted by Gasteiger charge is 2.19. The summed E-state index contributed by atoms with van der Waals surface area (Å²) in [6.07, 6.45) is 1.26. The first-order chi connectivity index (χ1) is 8.40. The van der Waals surface area contributed by atoms with Crippen LogP contribution in [0.5, 0.6) is 0 Å². The van der Waals surface area contributed by atoms with Gasteiger partial charge in [0.05, 0.1) is 17.6 Å². The first kappa shape index (κ1) is 12.9. The number of rotatable bonds is 3. The lowest BCUT2D eigenvalue weighted by atomic mass is 10.3. The molecule has 0 saturated carbocycles. The minimum atomic E-state index is -3.67. The molecule has 6 nitrogen and oxygen atoms in total. The zero-order valence-corrected chi connectivity index (χ0v) is 11.8. The lowest BCUT2D eigenvalue weighted by molar-refractivity contribution is 0.600. The van der Waals surface area contributed by atoms with Gasteiger partial charge in [0.25, 0.3) is 10.0 Å². The van der Waals surface area contributed by atoms with Crippen LogP contribution in [0.3, 0.4) is 0 Å². The van der Waals surface area contributed by atoms with Gasteiger partial charge in [-0.15, -0.1) is 0 Å². The van der Waals surface area contributed by atoms with Crippen LogP contribution >= 0.6 is 15.9 Å². The van der Waals surface area contributed by atoms with Crippen molar-refractivity contribution in [3.05, 3.63) is 34.6 Å². The highest BCUT2D eigenvalue weighted by molar-refractivity contribution is 9.10. The fourth-order valence-corrected chi connectivity index (χ4v) is 3.12. The van der Waals surface area contributed by atoms with Gasteiger partial charge in [-0.2, -0.15) is 5.10 Å². The van der Waals surface area contributed by atoms with Crippen LogP contribution in [0.4, 0.5) is 11.4 Å². The van der Waals surface area contributed by atoms with Crippen LogP contribution in [0.2, 0.25) is 0 Å². The van der Waals surface area contributed by atoms with Crippen LogP contribution in [0.1, 0.15) is 5.69 Å². The molecule has 0 bridgehead atoms. The second-order valence-corrected chi connectivity index (χ2v) is 6.21. The molecule has 2 rings (SSSR count). The van der Waals surface area contributed by atoms with E-state index in [1.807, 2.05) is 0 Å². The Bertz CT molecular complexity index is 681. The van der Waals surface area contributed by atoms with Crippen molar-refractivity contribution in [3.8, 4) is 0 Å². The molecule has 0 atom stereocenters. The summed E-state index contributed by atoms with van der Waals surface area (Å²) in [5.41, 5.74) is 6.95. The number of H-pyrrole nitrogens is 1. The highest BCUT2D eigenvalue weighted by Crippen LogP contribution is 2.27. The van der Waals surface area contributed by atoms with Crippen LogP contribution in [0, 0.1) is 6.92 Å². The maximum absolute atomic E-state index is 12.1. The summed E-state index contributed by atoms with van der Waals surface area (Å²) in [6.45, 7) is 1.63. The van der Waals surface area contributed by atoms with E-state index in [1.54, 1.807) is 19.1 Å². The lowest BCUT2D eigenvalue weighted by Crippen LogP contribution is -2.14. The van der Waals surface area contributed by atoms with Crippen molar-refractivity contribution in [3.63, 3.8) is 0 Å². The number of aryl methyl sites for hydroxylation is 1. The number of nitrogens with zero attached hydrogens (tertiary/aromatic N) is 1. The molecule has 0 spiro atoms.